The summed E-state index contributed by atoms with van der Waals surface area (Å²) in [7, 11) is 0. The summed E-state index contributed by atoms with van der Waals surface area (Å²) in [6.07, 6.45) is 0. The third-order valence-corrected chi connectivity index (χ3v) is 3.62. The van der Waals surface area contributed by atoms with Gasteiger partial charge in [0.15, 0.2) is 0 Å². The van der Waals surface area contributed by atoms with E-state index < -0.39 is 5.54 Å². The first kappa shape index (κ1) is 22.2. The Bertz CT molecular complexity index is 483. The van der Waals surface area contributed by atoms with Crippen LogP contribution < -0.4 is 11.1 Å². The molecule has 1 aromatic heterocycles. The molecule has 0 bridgehead atoms. The lowest BCUT2D eigenvalue weighted by atomic mass is 10.1. The van der Waals surface area contributed by atoms with E-state index >= 15 is 0 Å². The Labute approximate surface area is 149 Å². The van der Waals surface area contributed by atoms with Crippen molar-refractivity contribution in [2.24, 2.45) is 5.73 Å². The summed E-state index contributed by atoms with van der Waals surface area (Å²) in [6, 6.07) is 3.92. The fourth-order valence-electron chi connectivity index (χ4n) is 2.35. The minimum absolute atomic E-state index is 0. The molecule has 1 unspecified atom stereocenters. The fourth-order valence-corrected chi connectivity index (χ4v) is 2.35. The highest BCUT2D eigenvalue weighted by molar-refractivity contribution is 5.86. The molecule has 1 saturated heterocycles. The van der Waals surface area contributed by atoms with Gasteiger partial charge in [0.05, 0.1) is 24.8 Å². The Morgan fingerprint density at radius 1 is 1.35 bits per heavy atom. The number of carbonyl (C=O) groups is 1. The molecule has 2 rings (SSSR count). The Morgan fingerprint density at radius 3 is 2.43 bits per heavy atom. The Kier molecular flexibility index (Phi) is 9.17. The number of hydrogen-bond donors (Lipinski definition) is 2. The third kappa shape index (κ3) is 6.31. The van der Waals surface area contributed by atoms with Crippen molar-refractivity contribution < 1.29 is 13.9 Å². The van der Waals surface area contributed by atoms with Crippen LogP contribution in [0.5, 0.6) is 0 Å². The number of aryl methyl sites for hydroxylation is 1. The van der Waals surface area contributed by atoms with E-state index in [0.717, 1.165) is 24.6 Å². The van der Waals surface area contributed by atoms with Crippen LogP contribution in [-0.2, 0) is 9.53 Å². The van der Waals surface area contributed by atoms with E-state index in [4.69, 9.17) is 14.9 Å². The van der Waals surface area contributed by atoms with E-state index in [2.05, 4.69) is 10.2 Å². The summed E-state index contributed by atoms with van der Waals surface area (Å²) in [5, 5.41) is 2.92. The molecule has 1 aromatic rings. The van der Waals surface area contributed by atoms with Crippen LogP contribution in [0.15, 0.2) is 16.5 Å². The van der Waals surface area contributed by atoms with Crippen molar-refractivity contribution in [3.63, 3.8) is 0 Å². The van der Waals surface area contributed by atoms with Crippen LogP contribution in [0, 0.1) is 6.92 Å². The van der Waals surface area contributed by atoms with Crippen LogP contribution in [0.3, 0.4) is 0 Å². The molecule has 0 aliphatic carbocycles. The molecule has 1 fully saturated rings. The third-order valence-electron chi connectivity index (χ3n) is 3.62. The first-order chi connectivity index (χ1) is 9.88. The summed E-state index contributed by atoms with van der Waals surface area (Å²) >= 11 is 0. The first-order valence-electron chi connectivity index (χ1n) is 7.33. The van der Waals surface area contributed by atoms with Crippen molar-refractivity contribution in [2.75, 3.05) is 32.8 Å². The highest BCUT2D eigenvalue weighted by atomic mass is 35.5. The number of nitrogens with zero attached hydrogens (tertiary/aromatic N) is 1. The number of carbonyl (C=O) groups excluding carboxylic acids is 1. The lowest BCUT2D eigenvalue weighted by Gasteiger charge is -2.34. The van der Waals surface area contributed by atoms with Gasteiger partial charge in [-0.15, -0.1) is 24.8 Å². The smallest absolute Gasteiger partial charge is 0.239 e. The molecule has 134 valence electrons. The number of rotatable bonds is 5. The van der Waals surface area contributed by atoms with Gasteiger partial charge in [0.2, 0.25) is 5.91 Å². The lowest BCUT2D eigenvalue weighted by molar-refractivity contribution is -0.125. The minimum Gasteiger partial charge on any atom is -0.465 e. The van der Waals surface area contributed by atoms with Gasteiger partial charge in [0.1, 0.15) is 11.5 Å². The number of morpholine rings is 1. The molecule has 3 N–H and O–H groups in total. The Morgan fingerprint density at radius 2 is 1.96 bits per heavy atom. The number of amides is 1. The van der Waals surface area contributed by atoms with E-state index in [1.54, 1.807) is 13.8 Å². The number of furan rings is 1. The van der Waals surface area contributed by atoms with Crippen molar-refractivity contribution in [2.45, 2.75) is 32.4 Å². The highest BCUT2D eigenvalue weighted by Crippen LogP contribution is 2.23. The van der Waals surface area contributed by atoms with Gasteiger partial charge < -0.3 is 20.2 Å². The Balaban J connectivity index is 0.00000242. The topological polar surface area (TPSA) is 80.7 Å². The van der Waals surface area contributed by atoms with Crippen molar-refractivity contribution in [3.8, 4) is 0 Å². The first-order valence-corrected chi connectivity index (χ1v) is 7.33. The minimum atomic E-state index is -0.880. The summed E-state index contributed by atoms with van der Waals surface area (Å²) in [5.41, 5.74) is 4.94. The van der Waals surface area contributed by atoms with E-state index in [9.17, 15) is 4.79 Å². The zero-order valence-corrected chi connectivity index (χ0v) is 15.5. The van der Waals surface area contributed by atoms with E-state index in [1.165, 1.54) is 0 Å². The van der Waals surface area contributed by atoms with Gasteiger partial charge >= 0.3 is 0 Å². The molecule has 0 radical (unpaired) electrons. The average Bonchev–Trinajstić information content (AvgIpc) is 2.85. The van der Waals surface area contributed by atoms with Crippen molar-refractivity contribution in [1.29, 1.82) is 0 Å². The molecule has 6 nitrogen and oxygen atoms in total. The zero-order valence-electron chi connectivity index (χ0n) is 13.8. The van der Waals surface area contributed by atoms with Crippen molar-refractivity contribution in [3.05, 3.63) is 23.7 Å². The standard InChI is InChI=1S/C15H25N3O3.2ClH/c1-11-4-5-13(21-11)12(18-6-8-20-9-7-18)10-17-14(19)15(2,3)16;;/h4-5,12H,6-10,16H2,1-3H3,(H,17,19);2*1H. The predicted octanol–water partition coefficient (Wildman–Crippen LogP) is 1.66. The molecule has 0 aromatic carbocycles. The van der Waals surface area contributed by atoms with Gasteiger partial charge in [-0.2, -0.15) is 0 Å². The van der Waals surface area contributed by atoms with Gasteiger partial charge in [-0.25, -0.2) is 0 Å². The molecule has 1 aliphatic rings. The van der Waals surface area contributed by atoms with Crippen molar-refractivity contribution >= 4 is 30.7 Å². The largest absolute Gasteiger partial charge is 0.465 e. The second-order valence-electron chi connectivity index (χ2n) is 6.04. The van der Waals surface area contributed by atoms with E-state index in [0.29, 0.717) is 19.8 Å². The van der Waals surface area contributed by atoms with Gasteiger partial charge in [-0.3, -0.25) is 9.69 Å². The molecule has 0 saturated carbocycles. The molecular weight excluding hydrogens is 341 g/mol. The number of halogens is 2. The molecule has 1 atom stereocenters. The second kappa shape index (κ2) is 9.49. The van der Waals surface area contributed by atoms with E-state index in [1.807, 2.05) is 19.1 Å². The molecule has 8 heteroatoms. The summed E-state index contributed by atoms with van der Waals surface area (Å²) in [6.45, 7) is 8.84. The normalized spacial score (nSPS) is 16.9. The zero-order chi connectivity index (χ0) is 15.5. The second-order valence-corrected chi connectivity index (χ2v) is 6.04. The molecule has 23 heavy (non-hydrogen) atoms. The quantitative estimate of drug-likeness (QED) is 0.826. The highest BCUT2D eigenvalue weighted by Gasteiger charge is 2.28. The lowest BCUT2D eigenvalue weighted by Crippen LogP contribution is -2.51. The number of hydrogen-bond acceptors (Lipinski definition) is 5. The van der Waals surface area contributed by atoms with Crippen LogP contribution in [-0.4, -0.2) is 49.2 Å². The van der Waals surface area contributed by atoms with Gasteiger partial charge in [0, 0.05) is 19.6 Å². The maximum absolute atomic E-state index is 12.0. The Hall–Kier alpha value is -0.790. The monoisotopic (exact) mass is 367 g/mol. The summed E-state index contributed by atoms with van der Waals surface area (Å²) < 4.78 is 11.1. The molecular formula is C15H27Cl2N3O3. The van der Waals surface area contributed by atoms with Gasteiger partial charge in [-0.05, 0) is 32.9 Å². The molecule has 2 heterocycles. The van der Waals surface area contributed by atoms with Crippen LogP contribution in [0.4, 0.5) is 0 Å². The molecule has 1 aliphatic heterocycles. The number of nitrogens with one attached hydrogen (secondary N) is 1. The summed E-state index contributed by atoms with van der Waals surface area (Å²) in [4.78, 5) is 14.2. The number of ether oxygens (including phenoxy) is 1. The number of nitrogens with two attached hydrogens (primary N) is 1. The average molecular weight is 368 g/mol. The molecule has 0 spiro atoms. The summed E-state index contributed by atoms with van der Waals surface area (Å²) in [5.74, 6) is 1.57. The maximum Gasteiger partial charge on any atom is 0.239 e. The fraction of sp³-hybridized carbons (Fsp3) is 0.667. The van der Waals surface area contributed by atoms with Crippen LogP contribution in [0.1, 0.15) is 31.4 Å². The molecule has 1 amide bonds. The van der Waals surface area contributed by atoms with Gasteiger partial charge in [0.25, 0.3) is 0 Å². The van der Waals surface area contributed by atoms with Crippen LogP contribution in [0.2, 0.25) is 0 Å². The SMILES string of the molecule is Cc1ccc(C(CNC(=O)C(C)(C)N)N2CCOCC2)o1.Cl.Cl. The predicted molar refractivity (Wildman–Crippen MR) is 94.4 cm³/mol. The van der Waals surface area contributed by atoms with Gasteiger partial charge in [-0.1, -0.05) is 0 Å². The van der Waals surface area contributed by atoms with Crippen LogP contribution in [0.25, 0.3) is 0 Å². The van der Waals surface area contributed by atoms with E-state index in [-0.39, 0.29) is 36.8 Å². The maximum atomic E-state index is 12.0. The van der Waals surface area contributed by atoms with Crippen LogP contribution >= 0.6 is 24.8 Å². The van der Waals surface area contributed by atoms with Crippen molar-refractivity contribution in [1.82, 2.24) is 10.2 Å².